The number of phenolic OH excluding ortho intramolecular Hbond substituents is 1. The number of alkyl halides is 3. The Labute approximate surface area is 124 Å². The Morgan fingerprint density at radius 1 is 1.33 bits per heavy atom. The summed E-state index contributed by atoms with van der Waals surface area (Å²) in [4.78, 5) is 10.9. The number of fused-ring (bicyclic) bond motifs is 1. The molecule has 1 atom stereocenters. The zero-order valence-electron chi connectivity index (χ0n) is 9.70. The van der Waals surface area contributed by atoms with E-state index in [4.69, 9.17) is 28.3 Å². The Bertz CT molecular complexity index is 671. The van der Waals surface area contributed by atoms with E-state index in [0.29, 0.717) is 6.08 Å². The smallest absolute Gasteiger partial charge is 0.460 e. The van der Waals surface area contributed by atoms with Gasteiger partial charge in [-0.15, -0.1) is 0 Å². The molecule has 1 aromatic rings. The zero-order valence-corrected chi connectivity index (χ0v) is 11.2. The van der Waals surface area contributed by atoms with Crippen molar-refractivity contribution in [3.63, 3.8) is 0 Å². The lowest BCUT2D eigenvalue weighted by Gasteiger charge is -2.34. The second kappa shape index (κ2) is 4.69. The fourth-order valence-electron chi connectivity index (χ4n) is 1.69. The summed E-state index contributed by atoms with van der Waals surface area (Å²) in [5, 5.41) is 27.0. The molecule has 1 aliphatic rings. The number of aliphatic carboxylic acids is 1. The van der Waals surface area contributed by atoms with Crippen molar-refractivity contribution in [3.8, 4) is 11.5 Å². The van der Waals surface area contributed by atoms with Gasteiger partial charge in [-0.25, -0.2) is 4.79 Å². The molecule has 1 aliphatic heterocycles. The molecule has 0 saturated heterocycles. The fraction of sp³-hybridized carbons (Fsp3) is 0.182. The van der Waals surface area contributed by atoms with Gasteiger partial charge in [0.1, 0.15) is 11.3 Å². The summed E-state index contributed by atoms with van der Waals surface area (Å²) in [5.74, 6) is -7.40. The molecule has 0 fully saturated rings. The summed E-state index contributed by atoms with van der Waals surface area (Å²) in [6.07, 6.45) is -4.96. The van der Waals surface area contributed by atoms with Gasteiger partial charge >= 0.3 is 17.9 Å². The van der Waals surface area contributed by atoms with Crippen LogP contribution in [0.5, 0.6) is 11.5 Å². The quantitative estimate of drug-likeness (QED) is 0.729. The minimum atomic E-state index is -5.42. The first-order valence-corrected chi connectivity index (χ1v) is 5.89. The van der Waals surface area contributed by atoms with Crippen LogP contribution in [-0.2, 0) is 4.79 Å². The molecule has 10 heteroatoms. The molecular weight excluding hydrogens is 340 g/mol. The van der Waals surface area contributed by atoms with Gasteiger partial charge in [0, 0.05) is 11.6 Å². The highest BCUT2D eigenvalue weighted by Gasteiger charge is 2.63. The van der Waals surface area contributed by atoms with Crippen molar-refractivity contribution in [1.29, 1.82) is 0 Å². The van der Waals surface area contributed by atoms with Gasteiger partial charge in [-0.3, -0.25) is 0 Å². The molecule has 0 aliphatic carbocycles. The van der Waals surface area contributed by atoms with Gasteiger partial charge in [-0.1, -0.05) is 23.2 Å². The van der Waals surface area contributed by atoms with E-state index >= 15 is 0 Å². The number of hydrogen-bond acceptors (Lipinski definition) is 4. The first-order chi connectivity index (χ1) is 9.49. The van der Waals surface area contributed by atoms with E-state index in [2.05, 4.69) is 4.74 Å². The number of carboxylic acids is 1. The van der Waals surface area contributed by atoms with Gasteiger partial charge in [0.05, 0.1) is 10.0 Å². The van der Waals surface area contributed by atoms with Gasteiger partial charge in [0.25, 0.3) is 0 Å². The average molecular weight is 345 g/mol. The Kier molecular flexibility index (Phi) is 3.51. The van der Waals surface area contributed by atoms with E-state index in [1.54, 1.807) is 0 Å². The summed E-state index contributed by atoms with van der Waals surface area (Å²) in [5.41, 5.74) is -1.84. The fourth-order valence-corrected chi connectivity index (χ4v) is 2.19. The van der Waals surface area contributed by atoms with Crippen molar-refractivity contribution in [3.05, 3.63) is 27.2 Å². The molecule has 114 valence electrons. The van der Waals surface area contributed by atoms with Gasteiger partial charge in [0.15, 0.2) is 5.75 Å². The topological polar surface area (TPSA) is 87.0 Å². The van der Waals surface area contributed by atoms with Crippen LogP contribution >= 0.6 is 23.2 Å². The summed E-state index contributed by atoms with van der Waals surface area (Å²) in [6, 6.07) is 0.782. The third-order valence-electron chi connectivity index (χ3n) is 2.72. The normalized spacial score (nSPS) is 21.3. The van der Waals surface area contributed by atoms with E-state index in [0.717, 1.165) is 6.07 Å². The maximum atomic E-state index is 12.9. The van der Waals surface area contributed by atoms with Crippen molar-refractivity contribution < 1.29 is 38.0 Å². The SMILES string of the molecule is O=C(O)C1=Cc2c(cc(Cl)c(O)c2Cl)OC1(O)C(F)(F)F. The van der Waals surface area contributed by atoms with E-state index in [1.165, 1.54) is 0 Å². The molecule has 1 aromatic carbocycles. The molecule has 21 heavy (non-hydrogen) atoms. The summed E-state index contributed by atoms with van der Waals surface area (Å²) in [6.45, 7) is 0. The molecule has 3 N–H and O–H groups in total. The number of phenols is 1. The number of aliphatic hydroxyl groups is 1. The van der Waals surface area contributed by atoms with Crippen LogP contribution in [0.2, 0.25) is 10.0 Å². The van der Waals surface area contributed by atoms with E-state index < -0.39 is 45.1 Å². The van der Waals surface area contributed by atoms with Crippen LogP contribution in [0.3, 0.4) is 0 Å². The molecule has 0 aromatic heterocycles. The molecule has 0 spiro atoms. The number of ether oxygens (including phenoxy) is 1. The molecule has 0 bridgehead atoms. The molecule has 1 unspecified atom stereocenters. The minimum absolute atomic E-state index is 0.343. The molecular formula is C11H5Cl2F3O5. The van der Waals surface area contributed by atoms with Crippen LogP contribution in [0, 0.1) is 0 Å². The van der Waals surface area contributed by atoms with Crippen molar-refractivity contribution in [2.45, 2.75) is 12.0 Å². The van der Waals surface area contributed by atoms with Crippen LogP contribution in [0.4, 0.5) is 13.2 Å². The van der Waals surface area contributed by atoms with E-state index in [1.807, 2.05) is 0 Å². The van der Waals surface area contributed by atoms with Crippen molar-refractivity contribution >= 4 is 35.2 Å². The van der Waals surface area contributed by atoms with Crippen molar-refractivity contribution in [2.75, 3.05) is 0 Å². The second-order valence-corrected chi connectivity index (χ2v) is 4.82. The summed E-state index contributed by atoms with van der Waals surface area (Å²) < 4.78 is 43.1. The van der Waals surface area contributed by atoms with Crippen molar-refractivity contribution in [1.82, 2.24) is 0 Å². The number of aromatic hydroxyl groups is 1. The lowest BCUT2D eigenvalue weighted by molar-refractivity contribution is -0.316. The number of halogens is 5. The van der Waals surface area contributed by atoms with Gasteiger partial charge in [-0.2, -0.15) is 13.2 Å². The van der Waals surface area contributed by atoms with Crippen LogP contribution < -0.4 is 4.74 Å². The molecule has 2 rings (SSSR count). The number of carboxylic acid groups (broad SMARTS) is 1. The van der Waals surface area contributed by atoms with Crippen LogP contribution in [0.15, 0.2) is 11.6 Å². The molecule has 0 radical (unpaired) electrons. The van der Waals surface area contributed by atoms with Crippen molar-refractivity contribution in [2.24, 2.45) is 0 Å². The Morgan fingerprint density at radius 2 is 1.90 bits per heavy atom. The van der Waals surface area contributed by atoms with E-state index in [-0.39, 0.29) is 5.56 Å². The van der Waals surface area contributed by atoms with Gasteiger partial charge in [-0.05, 0) is 6.08 Å². The number of rotatable bonds is 1. The first kappa shape index (κ1) is 15.7. The van der Waals surface area contributed by atoms with E-state index in [9.17, 15) is 28.2 Å². The van der Waals surface area contributed by atoms with Crippen LogP contribution in [0.1, 0.15) is 5.56 Å². The highest BCUT2D eigenvalue weighted by Crippen LogP contribution is 2.49. The monoisotopic (exact) mass is 344 g/mol. The van der Waals surface area contributed by atoms with Crippen LogP contribution in [0.25, 0.3) is 6.08 Å². The molecule has 1 heterocycles. The third kappa shape index (κ3) is 2.29. The maximum absolute atomic E-state index is 12.9. The van der Waals surface area contributed by atoms with Crippen LogP contribution in [-0.4, -0.2) is 33.3 Å². The summed E-state index contributed by atoms with van der Waals surface area (Å²) >= 11 is 11.2. The molecule has 0 amide bonds. The average Bonchev–Trinajstić information content (AvgIpc) is 2.34. The van der Waals surface area contributed by atoms with Gasteiger partial charge in [0.2, 0.25) is 0 Å². The third-order valence-corrected chi connectivity index (χ3v) is 3.39. The minimum Gasteiger partial charge on any atom is -0.505 e. The number of hydrogen-bond donors (Lipinski definition) is 3. The Hall–Kier alpha value is -1.64. The number of benzene rings is 1. The standard InChI is InChI=1S/C11H5Cl2F3O5/c12-5-2-6-3(7(13)8(5)17)1-4(9(18)19)10(20,21-6)11(14,15)16/h1-2,17,20H,(H,18,19). The Morgan fingerprint density at radius 3 is 2.38 bits per heavy atom. The number of carbonyl (C=O) groups is 1. The lowest BCUT2D eigenvalue weighted by Crippen LogP contribution is -2.54. The summed E-state index contributed by atoms with van der Waals surface area (Å²) in [7, 11) is 0. The largest absolute Gasteiger partial charge is 0.505 e. The predicted octanol–water partition coefficient (Wildman–Crippen LogP) is 2.81. The predicted molar refractivity (Wildman–Crippen MR) is 65.4 cm³/mol. The second-order valence-electron chi connectivity index (χ2n) is 4.04. The maximum Gasteiger partial charge on any atom is 0.460 e. The molecule has 0 saturated carbocycles. The highest BCUT2D eigenvalue weighted by atomic mass is 35.5. The first-order valence-electron chi connectivity index (χ1n) is 5.13. The Balaban J connectivity index is 2.77. The van der Waals surface area contributed by atoms with Gasteiger partial charge < -0.3 is 20.1 Å². The zero-order chi connectivity index (χ0) is 16.2. The lowest BCUT2D eigenvalue weighted by atomic mass is 9.98. The molecule has 5 nitrogen and oxygen atoms in total. The highest BCUT2D eigenvalue weighted by molar-refractivity contribution is 6.38.